The van der Waals surface area contributed by atoms with Crippen molar-refractivity contribution in [1.29, 1.82) is 0 Å². The van der Waals surface area contributed by atoms with Gasteiger partial charge in [0.2, 0.25) is 0 Å². The molecule has 4 nitrogen and oxygen atoms in total. The van der Waals surface area contributed by atoms with Gasteiger partial charge in [0.25, 0.3) is 0 Å². The van der Waals surface area contributed by atoms with Gasteiger partial charge in [-0.1, -0.05) is 6.42 Å². The van der Waals surface area contributed by atoms with Crippen LogP contribution in [0.15, 0.2) is 24.3 Å². The summed E-state index contributed by atoms with van der Waals surface area (Å²) in [4.78, 5) is 11.2. The van der Waals surface area contributed by atoms with Gasteiger partial charge in [0.05, 0.1) is 6.61 Å². The van der Waals surface area contributed by atoms with Crippen LogP contribution in [0.25, 0.3) is 0 Å². The van der Waals surface area contributed by atoms with Crippen LogP contribution in [0.4, 0.5) is 16.2 Å². The fraction of sp³-hybridized carbons (Fsp3) is 0.500. The number of hydrogen-bond donors (Lipinski definition) is 2. The van der Waals surface area contributed by atoms with Crippen molar-refractivity contribution in [3.63, 3.8) is 0 Å². The molecule has 1 aromatic rings. The summed E-state index contributed by atoms with van der Waals surface area (Å²) < 4.78 is 4.81. The Balaban J connectivity index is 1.78. The lowest BCUT2D eigenvalue weighted by molar-refractivity contribution is 0.168. The van der Waals surface area contributed by atoms with Crippen LogP contribution in [0.5, 0.6) is 0 Å². The molecule has 0 bridgehead atoms. The van der Waals surface area contributed by atoms with Crippen LogP contribution in [-0.2, 0) is 4.74 Å². The average molecular weight is 248 g/mol. The van der Waals surface area contributed by atoms with Gasteiger partial charge < -0.3 is 10.1 Å². The Labute approximate surface area is 108 Å². The van der Waals surface area contributed by atoms with Crippen LogP contribution >= 0.6 is 0 Å². The number of carbonyl (C=O) groups excluding carboxylic acids is 1. The number of anilines is 2. The topological polar surface area (TPSA) is 50.4 Å². The summed E-state index contributed by atoms with van der Waals surface area (Å²) in [5, 5.41) is 6.08. The SMILES string of the molecule is CCOC(=O)Nc1ccc(NCC2CCC2)cc1. The fourth-order valence-corrected chi connectivity index (χ4v) is 1.92. The van der Waals surface area contributed by atoms with Crippen molar-refractivity contribution in [1.82, 2.24) is 0 Å². The van der Waals surface area contributed by atoms with E-state index in [9.17, 15) is 4.79 Å². The zero-order valence-corrected chi connectivity index (χ0v) is 10.7. The molecule has 18 heavy (non-hydrogen) atoms. The van der Waals surface area contributed by atoms with Crippen molar-refractivity contribution in [2.45, 2.75) is 26.2 Å². The third kappa shape index (κ3) is 3.65. The number of amides is 1. The molecule has 0 aromatic heterocycles. The molecule has 1 aliphatic carbocycles. The Hall–Kier alpha value is -1.71. The number of hydrogen-bond acceptors (Lipinski definition) is 3. The van der Waals surface area contributed by atoms with E-state index in [2.05, 4.69) is 10.6 Å². The van der Waals surface area contributed by atoms with E-state index >= 15 is 0 Å². The molecule has 0 saturated heterocycles. The highest BCUT2D eigenvalue weighted by molar-refractivity contribution is 5.84. The summed E-state index contributed by atoms with van der Waals surface area (Å²) in [6.07, 6.45) is 3.65. The number of carbonyl (C=O) groups is 1. The van der Waals surface area contributed by atoms with Gasteiger partial charge in [-0.3, -0.25) is 5.32 Å². The fourth-order valence-electron chi connectivity index (χ4n) is 1.92. The highest BCUT2D eigenvalue weighted by atomic mass is 16.5. The monoisotopic (exact) mass is 248 g/mol. The molecule has 0 spiro atoms. The third-order valence-electron chi connectivity index (χ3n) is 3.23. The first-order valence-corrected chi connectivity index (χ1v) is 6.55. The minimum Gasteiger partial charge on any atom is -0.450 e. The summed E-state index contributed by atoms with van der Waals surface area (Å²) in [7, 11) is 0. The summed E-state index contributed by atoms with van der Waals surface area (Å²) in [6, 6.07) is 7.69. The van der Waals surface area contributed by atoms with E-state index < -0.39 is 6.09 Å². The highest BCUT2D eigenvalue weighted by Crippen LogP contribution is 2.26. The van der Waals surface area contributed by atoms with E-state index in [1.165, 1.54) is 19.3 Å². The molecule has 1 fully saturated rings. The highest BCUT2D eigenvalue weighted by Gasteiger charge is 2.16. The van der Waals surface area contributed by atoms with E-state index in [4.69, 9.17) is 4.74 Å². The Morgan fingerprint density at radius 1 is 1.28 bits per heavy atom. The first kappa shape index (κ1) is 12.7. The molecule has 4 heteroatoms. The molecule has 0 heterocycles. The van der Waals surface area contributed by atoms with E-state index in [1.807, 2.05) is 24.3 Å². The van der Waals surface area contributed by atoms with Gasteiger partial charge in [0.1, 0.15) is 0 Å². The number of rotatable bonds is 5. The minimum absolute atomic E-state index is 0.382. The molecule has 1 aliphatic rings. The van der Waals surface area contributed by atoms with E-state index in [1.54, 1.807) is 6.92 Å². The molecule has 2 rings (SSSR count). The summed E-state index contributed by atoms with van der Waals surface area (Å²) >= 11 is 0. The molecular weight excluding hydrogens is 228 g/mol. The Morgan fingerprint density at radius 2 is 1.94 bits per heavy atom. The van der Waals surface area contributed by atoms with Crippen LogP contribution in [0.1, 0.15) is 26.2 Å². The standard InChI is InChI=1S/C14H20N2O2/c1-2-18-14(17)16-13-8-6-12(7-9-13)15-10-11-4-3-5-11/h6-9,11,15H,2-5,10H2,1H3,(H,16,17). The minimum atomic E-state index is -0.410. The van der Waals surface area contributed by atoms with Crippen LogP contribution in [0, 0.1) is 5.92 Å². The zero-order chi connectivity index (χ0) is 12.8. The zero-order valence-electron chi connectivity index (χ0n) is 10.7. The molecule has 1 amide bonds. The van der Waals surface area contributed by atoms with Crippen molar-refractivity contribution >= 4 is 17.5 Å². The molecule has 0 radical (unpaired) electrons. The summed E-state index contributed by atoms with van der Waals surface area (Å²) in [5.74, 6) is 0.835. The molecule has 1 aromatic carbocycles. The largest absolute Gasteiger partial charge is 0.450 e. The smallest absolute Gasteiger partial charge is 0.411 e. The first-order chi connectivity index (χ1) is 8.78. The number of benzene rings is 1. The second kappa shape index (κ2) is 6.28. The molecule has 0 unspecified atom stereocenters. The van der Waals surface area contributed by atoms with Crippen molar-refractivity contribution in [2.24, 2.45) is 5.92 Å². The van der Waals surface area contributed by atoms with Gasteiger partial charge >= 0.3 is 6.09 Å². The van der Waals surface area contributed by atoms with Crippen LogP contribution in [0.2, 0.25) is 0 Å². The molecule has 0 atom stereocenters. The van der Waals surface area contributed by atoms with E-state index in [-0.39, 0.29) is 0 Å². The lowest BCUT2D eigenvalue weighted by Crippen LogP contribution is -2.20. The van der Waals surface area contributed by atoms with Crippen LogP contribution in [0.3, 0.4) is 0 Å². The summed E-state index contributed by atoms with van der Waals surface area (Å²) in [6.45, 7) is 3.21. The summed E-state index contributed by atoms with van der Waals surface area (Å²) in [5.41, 5.74) is 1.85. The molecule has 1 saturated carbocycles. The van der Waals surface area contributed by atoms with Crippen molar-refractivity contribution < 1.29 is 9.53 Å². The second-order valence-corrected chi connectivity index (χ2v) is 4.60. The lowest BCUT2D eigenvalue weighted by atomic mass is 9.85. The number of ether oxygens (including phenoxy) is 1. The lowest BCUT2D eigenvalue weighted by Gasteiger charge is -2.25. The molecule has 0 aliphatic heterocycles. The molecule has 2 N–H and O–H groups in total. The van der Waals surface area contributed by atoms with Crippen LogP contribution < -0.4 is 10.6 Å². The normalized spacial score (nSPS) is 14.7. The maximum Gasteiger partial charge on any atom is 0.411 e. The van der Waals surface area contributed by atoms with Crippen LogP contribution in [-0.4, -0.2) is 19.2 Å². The molecular formula is C14H20N2O2. The maximum absolute atomic E-state index is 11.2. The van der Waals surface area contributed by atoms with Gasteiger partial charge in [-0.25, -0.2) is 4.79 Å². The van der Waals surface area contributed by atoms with E-state index in [0.717, 1.165) is 23.8 Å². The third-order valence-corrected chi connectivity index (χ3v) is 3.23. The Morgan fingerprint density at radius 3 is 2.50 bits per heavy atom. The Bertz CT molecular complexity index is 385. The van der Waals surface area contributed by atoms with Gasteiger partial charge in [-0.05, 0) is 49.9 Å². The maximum atomic E-state index is 11.2. The molecule has 98 valence electrons. The second-order valence-electron chi connectivity index (χ2n) is 4.60. The van der Waals surface area contributed by atoms with Crippen molar-refractivity contribution in [3.8, 4) is 0 Å². The quantitative estimate of drug-likeness (QED) is 0.839. The van der Waals surface area contributed by atoms with Gasteiger partial charge in [-0.2, -0.15) is 0 Å². The predicted molar refractivity (Wildman–Crippen MR) is 72.9 cm³/mol. The van der Waals surface area contributed by atoms with Crippen molar-refractivity contribution in [2.75, 3.05) is 23.8 Å². The van der Waals surface area contributed by atoms with Gasteiger partial charge in [0, 0.05) is 17.9 Å². The number of nitrogens with one attached hydrogen (secondary N) is 2. The first-order valence-electron chi connectivity index (χ1n) is 6.55. The van der Waals surface area contributed by atoms with Gasteiger partial charge in [-0.15, -0.1) is 0 Å². The Kier molecular flexibility index (Phi) is 4.45. The predicted octanol–water partition coefficient (Wildman–Crippen LogP) is 3.47. The van der Waals surface area contributed by atoms with Gasteiger partial charge in [0.15, 0.2) is 0 Å². The van der Waals surface area contributed by atoms with Crippen molar-refractivity contribution in [3.05, 3.63) is 24.3 Å². The van der Waals surface area contributed by atoms with E-state index in [0.29, 0.717) is 6.61 Å². The average Bonchev–Trinajstić information content (AvgIpc) is 2.29.